The molecule has 1 aliphatic heterocycles. The largest absolute Gasteiger partial charge is 0.394 e. The van der Waals surface area contributed by atoms with Crippen molar-refractivity contribution in [3.8, 4) is 0 Å². The lowest BCUT2D eigenvalue weighted by Crippen LogP contribution is -2.33. The second kappa shape index (κ2) is 5.02. The van der Waals surface area contributed by atoms with E-state index in [9.17, 15) is 9.50 Å². The van der Waals surface area contributed by atoms with Gasteiger partial charge in [-0.15, -0.1) is 0 Å². The molecule has 3 N–H and O–H groups in total. The van der Waals surface area contributed by atoms with Crippen LogP contribution < -0.4 is 10.6 Å². The van der Waals surface area contributed by atoms with E-state index < -0.39 is 0 Å². The summed E-state index contributed by atoms with van der Waals surface area (Å²) < 4.78 is 13.3. The maximum absolute atomic E-state index is 13.3. The summed E-state index contributed by atoms with van der Waals surface area (Å²) in [7, 11) is 0. The van der Waals surface area contributed by atoms with Crippen LogP contribution >= 0.6 is 0 Å². The smallest absolute Gasteiger partial charge is 0.123 e. The quantitative estimate of drug-likeness (QED) is 0.844. The molecule has 1 aliphatic rings. The average molecular weight is 238 g/mol. The molecule has 94 valence electrons. The molecule has 1 aromatic rings. The van der Waals surface area contributed by atoms with Gasteiger partial charge in [0, 0.05) is 18.3 Å². The second-order valence-electron chi connectivity index (χ2n) is 4.66. The Balaban J connectivity index is 2.37. The van der Waals surface area contributed by atoms with Crippen LogP contribution in [0.3, 0.4) is 0 Å². The minimum atomic E-state index is -0.263. The predicted octanol–water partition coefficient (Wildman–Crippen LogP) is 1.81. The molecule has 0 saturated carbocycles. The fourth-order valence-electron chi connectivity index (χ4n) is 2.49. The van der Waals surface area contributed by atoms with Crippen LogP contribution in [0.4, 0.5) is 10.1 Å². The van der Waals surface area contributed by atoms with Gasteiger partial charge in [0.25, 0.3) is 0 Å². The molecule has 3 nitrogen and oxygen atoms in total. The summed E-state index contributed by atoms with van der Waals surface area (Å²) in [4.78, 5) is 2.14. The van der Waals surface area contributed by atoms with Crippen molar-refractivity contribution in [2.75, 3.05) is 18.1 Å². The first-order valence-electron chi connectivity index (χ1n) is 6.06. The molecule has 0 aliphatic carbocycles. The van der Waals surface area contributed by atoms with Crippen molar-refractivity contribution in [1.29, 1.82) is 0 Å². The number of nitrogens with two attached hydrogens (primary N) is 1. The maximum atomic E-state index is 13.3. The van der Waals surface area contributed by atoms with Gasteiger partial charge in [-0.05, 0) is 43.5 Å². The zero-order valence-electron chi connectivity index (χ0n) is 10.1. The number of rotatable bonds is 3. The van der Waals surface area contributed by atoms with Crippen LogP contribution in [0.15, 0.2) is 18.2 Å². The Morgan fingerprint density at radius 3 is 3.00 bits per heavy atom. The number of nitrogens with zero attached hydrogens (tertiary/aromatic N) is 1. The molecule has 17 heavy (non-hydrogen) atoms. The van der Waals surface area contributed by atoms with Crippen molar-refractivity contribution < 1.29 is 9.50 Å². The number of hydrogen-bond donors (Lipinski definition) is 2. The van der Waals surface area contributed by atoms with Gasteiger partial charge in [-0.1, -0.05) is 0 Å². The third-order valence-electron chi connectivity index (χ3n) is 3.38. The molecule has 0 aromatic heterocycles. The number of hydrogen-bond acceptors (Lipinski definition) is 3. The number of aliphatic hydroxyl groups is 1. The van der Waals surface area contributed by atoms with Crippen LogP contribution in [0.1, 0.15) is 31.4 Å². The molecule has 2 unspecified atom stereocenters. The SMILES string of the molecule is CC(N)c1cc(F)ccc1N1CCCC1CO. The molecule has 1 aromatic carbocycles. The van der Waals surface area contributed by atoms with E-state index in [2.05, 4.69) is 4.90 Å². The summed E-state index contributed by atoms with van der Waals surface area (Å²) in [5.41, 5.74) is 7.65. The highest BCUT2D eigenvalue weighted by molar-refractivity contribution is 5.56. The zero-order valence-corrected chi connectivity index (χ0v) is 10.1. The summed E-state index contributed by atoms with van der Waals surface area (Å²) in [5.74, 6) is -0.263. The molecule has 0 bridgehead atoms. The second-order valence-corrected chi connectivity index (χ2v) is 4.66. The van der Waals surface area contributed by atoms with Crippen molar-refractivity contribution in [2.24, 2.45) is 5.73 Å². The lowest BCUT2D eigenvalue weighted by molar-refractivity contribution is 0.266. The first-order valence-corrected chi connectivity index (χ1v) is 6.06. The van der Waals surface area contributed by atoms with Gasteiger partial charge in [-0.3, -0.25) is 0 Å². The van der Waals surface area contributed by atoms with Crippen LogP contribution in [0.25, 0.3) is 0 Å². The van der Waals surface area contributed by atoms with E-state index in [1.807, 2.05) is 6.92 Å². The van der Waals surface area contributed by atoms with Crippen LogP contribution in [-0.4, -0.2) is 24.3 Å². The van der Waals surface area contributed by atoms with Gasteiger partial charge in [0.15, 0.2) is 0 Å². The first-order chi connectivity index (χ1) is 8.13. The normalized spacial score (nSPS) is 21.9. The zero-order chi connectivity index (χ0) is 12.4. The summed E-state index contributed by atoms with van der Waals surface area (Å²) >= 11 is 0. The molecule has 0 radical (unpaired) electrons. The van der Waals surface area contributed by atoms with Crippen LogP contribution in [0.5, 0.6) is 0 Å². The van der Waals surface area contributed by atoms with Crippen molar-refractivity contribution in [1.82, 2.24) is 0 Å². The minimum Gasteiger partial charge on any atom is -0.394 e. The molecule has 0 amide bonds. The minimum absolute atomic E-state index is 0.135. The molecule has 1 saturated heterocycles. The van der Waals surface area contributed by atoms with Gasteiger partial charge < -0.3 is 15.7 Å². The van der Waals surface area contributed by atoms with E-state index in [1.54, 1.807) is 6.07 Å². The topological polar surface area (TPSA) is 49.5 Å². The molecular formula is C13H19FN2O. The molecule has 4 heteroatoms. The summed E-state index contributed by atoms with van der Waals surface area (Å²) in [6, 6.07) is 4.64. The fraction of sp³-hybridized carbons (Fsp3) is 0.538. The van der Waals surface area contributed by atoms with E-state index in [0.29, 0.717) is 0 Å². The van der Waals surface area contributed by atoms with E-state index in [-0.39, 0.29) is 24.5 Å². The molecule has 2 atom stereocenters. The molecule has 1 fully saturated rings. The fourth-order valence-corrected chi connectivity index (χ4v) is 2.49. The Bertz CT molecular complexity index is 395. The summed E-state index contributed by atoms with van der Waals surface area (Å²) in [6.07, 6.45) is 2.03. The molecule has 2 rings (SSSR count). The maximum Gasteiger partial charge on any atom is 0.123 e. The van der Waals surface area contributed by atoms with Crippen LogP contribution in [-0.2, 0) is 0 Å². The van der Waals surface area contributed by atoms with Gasteiger partial charge in [-0.2, -0.15) is 0 Å². The predicted molar refractivity (Wildman–Crippen MR) is 66.5 cm³/mol. The Hall–Kier alpha value is -1.13. The van der Waals surface area contributed by atoms with Gasteiger partial charge in [-0.25, -0.2) is 4.39 Å². The summed E-state index contributed by atoms with van der Waals surface area (Å²) in [6.45, 7) is 2.88. The van der Waals surface area contributed by atoms with Crippen molar-refractivity contribution in [3.05, 3.63) is 29.6 Å². The van der Waals surface area contributed by atoms with Gasteiger partial charge >= 0.3 is 0 Å². The van der Waals surface area contributed by atoms with E-state index in [4.69, 9.17) is 5.73 Å². The average Bonchev–Trinajstić information content (AvgIpc) is 2.76. The lowest BCUT2D eigenvalue weighted by Gasteiger charge is -2.28. The molecular weight excluding hydrogens is 219 g/mol. The third kappa shape index (κ3) is 2.42. The highest BCUT2D eigenvalue weighted by atomic mass is 19.1. The van der Waals surface area contributed by atoms with Gasteiger partial charge in [0.2, 0.25) is 0 Å². The lowest BCUT2D eigenvalue weighted by atomic mass is 10.0. The van der Waals surface area contributed by atoms with Crippen molar-refractivity contribution in [2.45, 2.75) is 31.8 Å². The third-order valence-corrected chi connectivity index (χ3v) is 3.38. The number of benzene rings is 1. The molecule has 1 heterocycles. The standard InChI is InChI=1S/C13H19FN2O/c1-9(15)12-7-10(14)4-5-13(12)16-6-2-3-11(16)8-17/h4-5,7,9,11,17H,2-3,6,8,15H2,1H3. The monoisotopic (exact) mass is 238 g/mol. The highest BCUT2D eigenvalue weighted by Gasteiger charge is 2.26. The number of halogens is 1. The van der Waals surface area contributed by atoms with Gasteiger partial charge in [0.1, 0.15) is 5.82 Å². The van der Waals surface area contributed by atoms with Crippen LogP contribution in [0, 0.1) is 5.82 Å². The molecule has 0 spiro atoms. The van der Waals surface area contributed by atoms with Crippen molar-refractivity contribution in [3.63, 3.8) is 0 Å². The van der Waals surface area contributed by atoms with E-state index in [0.717, 1.165) is 30.6 Å². The Morgan fingerprint density at radius 1 is 1.59 bits per heavy atom. The van der Waals surface area contributed by atoms with Crippen molar-refractivity contribution >= 4 is 5.69 Å². The Labute approximate surface area is 101 Å². The Morgan fingerprint density at radius 2 is 2.35 bits per heavy atom. The highest BCUT2D eigenvalue weighted by Crippen LogP contribution is 2.31. The summed E-state index contributed by atoms with van der Waals surface area (Å²) in [5, 5.41) is 9.33. The Kier molecular flexibility index (Phi) is 3.64. The van der Waals surface area contributed by atoms with E-state index >= 15 is 0 Å². The van der Waals surface area contributed by atoms with Crippen LogP contribution in [0.2, 0.25) is 0 Å². The number of anilines is 1. The van der Waals surface area contributed by atoms with E-state index in [1.165, 1.54) is 12.1 Å². The number of aliphatic hydroxyl groups excluding tert-OH is 1. The first kappa shape index (κ1) is 12.3. The van der Waals surface area contributed by atoms with Gasteiger partial charge in [0.05, 0.1) is 12.6 Å².